The van der Waals surface area contributed by atoms with Crippen LogP contribution >= 0.6 is 0 Å². The van der Waals surface area contributed by atoms with E-state index in [-0.39, 0.29) is 0 Å². The molecule has 0 spiro atoms. The van der Waals surface area contributed by atoms with Crippen molar-refractivity contribution in [3.63, 3.8) is 0 Å². The molecule has 1 unspecified atom stereocenters. The number of hydrogen-bond acceptors (Lipinski definition) is 1. The van der Waals surface area contributed by atoms with Crippen LogP contribution < -0.4 is 5.32 Å². The summed E-state index contributed by atoms with van der Waals surface area (Å²) in [7, 11) is 0. The summed E-state index contributed by atoms with van der Waals surface area (Å²) in [5, 5.41) is 3.57. The Hall–Kier alpha value is -0.820. The van der Waals surface area contributed by atoms with Crippen LogP contribution in [0.2, 0.25) is 0 Å². The fourth-order valence-corrected chi connectivity index (χ4v) is 2.26. The van der Waals surface area contributed by atoms with Gasteiger partial charge in [-0.15, -0.1) is 0 Å². The molecule has 0 aliphatic heterocycles. The zero-order valence-corrected chi connectivity index (χ0v) is 10.5. The minimum Gasteiger partial charge on any atom is -0.316 e. The monoisotopic (exact) mass is 217 g/mol. The third-order valence-corrected chi connectivity index (χ3v) is 3.77. The zero-order chi connectivity index (χ0) is 11.4. The van der Waals surface area contributed by atoms with Crippen LogP contribution in [0.15, 0.2) is 30.3 Å². The molecule has 88 valence electrons. The van der Waals surface area contributed by atoms with E-state index in [0.29, 0.717) is 5.41 Å². The lowest BCUT2D eigenvalue weighted by atomic mass is 10.1. The van der Waals surface area contributed by atoms with E-state index in [2.05, 4.69) is 49.5 Å². The van der Waals surface area contributed by atoms with E-state index in [0.717, 1.165) is 12.5 Å². The second kappa shape index (κ2) is 5.01. The van der Waals surface area contributed by atoms with E-state index in [4.69, 9.17) is 0 Å². The summed E-state index contributed by atoms with van der Waals surface area (Å²) in [5.74, 6) is 0.921. The summed E-state index contributed by atoms with van der Waals surface area (Å²) < 4.78 is 0. The molecular weight excluding hydrogens is 194 g/mol. The standard InChI is InChI=1S/C15H23N/c1-15(2)11-14(15)12-16-10-6-9-13-7-4-3-5-8-13/h3-5,7-8,14,16H,6,9-12H2,1-2H3. The van der Waals surface area contributed by atoms with Gasteiger partial charge in [0.25, 0.3) is 0 Å². The molecule has 0 saturated heterocycles. The lowest BCUT2D eigenvalue weighted by Crippen LogP contribution is -2.20. The second-order valence-electron chi connectivity index (χ2n) is 5.68. The molecule has 1 atom stereocenters. The largest absolute Gasteiger partial charge is 0.316 e. The summed E-state index contributed by atoms with van der Waals surface area (Å²) in [5.41, 5.74) is 2.07. The Labute approximate surface area is 99.3 Å². The molecule has 1 aliphatic carbocycles. The molecule has 1 fully saturated rings. The first-order valence-corrected chi connectivity index (χ1v) is 6.43. The highest BCUT2D eigenvalue weighted by molar-refractivity contribution is 5.14. The molecule has 1 aliphatic rings. The van der Waals surface area contributed by atoms with Crippen molar-refractivity contribution in [1.82, 2.24) is 5.32 Å². The second-order valence-corrected chi connectivity index (χ2v) is 5.68. The Morgan fingerprint density at radius 2 is 1.94 bits per heavy atom. The number of hydrogen-bond donors (Lipinski definition) is 1. The van der Waals surface area contributed by atoms with Gasteiger partial charge in [-0.2, -0.15) is 0 Å². The van der Waals surface area contributed by atoms with Gasteiger partial charge >= 0.3 is 0 Å². The van der Waals surface area contributed by atoms with Gasteiger partial charge in [-0.1, -0.05) is 44.2 Å². The maximum atomic E-state index is 3.57. The SMILES string of the molecule is CC1(C)CC1CNCCCc1ccccc1. The van der Waals surface area contributed by atoms with Gasteiger partial charge in [0, 0.05) is 0 Å². The average Bonchev–Trinajstić information content (AvgIpc) is 2.87. The molecule has 1 aromatic rings. The van der Waals surface area contributed by atoms with Crippen LogP contribution in [0.25, 0.3) is 0 Å². The molecule has 0 radical (unpaired) electrons. The molecule has 1 aromatic carbocycles. The van der Waals surface area contributed by atoms with Crippen molar-refractivity contribution >= 4 is 0 Å². The average molecular weight is 217 g/mol. The molecule has 2 rings (SSSR count). The van der Waals surface area contributed by atoms with Crippen LogP contribution in [0, 0.1) is 11.3 Å². The first kappa shape index (κ1) is 11.7. The molecule has 0 amide bonds. The van der Waals surface area contributed by atoms with Crippen molar-refractivity contribution in [1.29, 1.82) is 0 Å². The third kappa shape index (κ3) is 3.34. The summed E-state index contributed by atoms with van der Waals surface area (Å²) in [6.45, 7) is 7.09. The normalized spacial score (nSPS) is 22.0. The molecule has 0 heterocycles. The summed E-state index contributed by atoms with van der Waals surface area (Å²) in [6.07, 6.45) is 3.84. The Morgan fingerprint density at radius 1 is 1.25 bits per heavy atom. The quantitative estimate of drug-likeness (QED) is 0.721. The minimum absolute atomic E-state index is 0.617. The number of aryl methyl sites for hydroxylation is 1. The van der Waals surface area contributed by atoms with E-state index < -0.39 is 0 Å². The highest BCUT2D eigenvalue weighted by Gasteiger charge is 2.44. The predicted molar refractivity (Wildman–Crippen MR) is 69.5 cm³/mol. The molecular formula is C15H23N. The fourth-order valence-electron chi connectivity index (χ4n) is 2.26. The Balaban J connectivity index is 1.53. The highest BCUT2D eigenvalue weighted by atomic mass is 14.9. The van der Waals surface area contributed by atoms with E-state index in [1.807, 2.05) is 0 Å². The van der Waals surface area contributed by atoms with Crippen LogP contribution in [0.4, 0.5) is 0 Å². The third-order valence-electron chi connectivity index (χ3n) is 3.77. The van der Waals surface area contributed by atoms with Gasteiger partial charge in [0.2, 0.25) is 0 Å². The van der Waals surface area contributed by atoms with Crippen LogP contribution in [0.1, 0.15) is 32.3 Å². The first-order valence-electron chi connectivity index (χ1n) is 6.43. The predicted octanol–water partition coefficient (Wildman–Crippen LogP) is 3.25. The summed E-state index contributed by atoms with van der Waals surface area (Å²) >= 11 is 0. The van der Waals surface area contributed by atoms with E-state index in [1.165, 1.54) is 31.4 Å². The van der Waals surface area contributed by atoms with E-state index in [1.54, 1.807) is 0 Å². The summed E-state index contributed by atoms with van der Waals surface area (Å²) in [6, 6.07) is 10.7. The van der Waals surface area contributed by atoms with Gasteiger partial charge in [0.05, 0.1) is 0 Å². The molecule has 16 heavy (non-hydrogen) atoms. The van der Waals surface area contributed by atoms with Crippen molar-refractivity contribution in [3.05, 3.63) is 35.9 Å². The number of benzene rings is 1. The van der Waals surface area contributed by atoms with Crippen molar-refractivity contribution in [2.45, 2.75) is 33.1 Å². The van der Waals surface area contributed by atoms with Crippen LogP contribution in [0.3, 0.4) is 0 Å². The summed E-state index contributed by atoms with van der Waals surface area (Å²) in [4.78, 5) is 0. The maximum Gasteiger partial charge on any atom is -0.00152 e. The Kier molecular flexibility index (Phi) is 3.65. The zero-order valence-electron chi connectivity index (χ0n) is 10.5. The molecule has 1 saturated carbocycles. The van der Waals surface area contributed by atoms with Crippen molar-refractivity contribution in [2.24, 2.45) is 11.3 Å². The van der Waals surface area contributed by atoms with Gasteiger partial charge in [-0.3, -0.25) is 0 Å². The Morgan fingerprint density at radius 3 is 2.56 bits per heavy atom. The molecule has 1 N–H and O–H groups in total. The van der Waals surface area contributed by atoms with Crippen LogP contribution in [0.5, 0.6) is 0 Å². The van der Waals surface area contributed by atoms with Crippen molar-refractivity contribution in [3.8, 4) is 0 Å². The molecule has 0 aromatic heterocycles. The minimum atomic E-state index is 0.617. The van der Waals surface area contributed by atoms with Crippen LogP contribution in [-0.4, -0.2) is 13.1 Å². The molecule has 1 heteroatoms. The lowest BCUT2D eigenvalue weighted by molar-refractivity contribution is 0.515. The maximum absolute atomic E-state index is 3.57. The molecule has 0 bridgehead atoms. The highest BCUT2D eigenvalue weighted by Crippen LogP contribution is 2.50. The van der Waals surface area contributed by atoms with Gasteiger partial charge in [0.1, 0.15) is 0 Å². The van der Waals surface area contributed by atoms with Crippen molar-refractivity contribution < 1.29 is 0 Å². The van der Waals surface area contributed by atoms with Crippen molar-refractivity contribution in [2.75, 3.05) is 13.1 Å². The first-order chi connectivity index (χ1) is 7.68. The fraction of sp³-hybridized carbons (Fsp3) is 0.600. The van der Waals surface area contributed by atoms with E-state index >= 15 is 0 Å². The number of rotatable bonds is 6. The smallest absolute Gasteiger partial charge is 0.00152 e. The topological polar surface area (TPSA) is 12.0 Å². The van der Waals surface area contributed by atoms with E-state index in [9.17, 15) is 0 Å². The van der Waals surface area contributed by atoms with Gasteiger partial charge in [0.15, 0.2) is 0 Å². The lowest BCUT2D eigenvalue weighted by Gasteiger charge is -2.06. The van der Waals surface area contributed by atoms with Crippen LogP contribution in [-0.2, 0) is 6.42 Å². The van der Waals surface area contributed by atoms with Gasteiger partial charge in [-0.25, -0.2) is 0 Å². The Bertz CT molecular complexity index is 315. The molecule has 1 nitrogen and oxygen atoms in total. The number of nitrogens with one attached hydrogen (secondary N) is 1. The van der Waals surface area contributed by atoms with Gasteiger partial charge in [-0.05, 0) is 49.2 Å². The van der Waals surface area contributed by atoms with Gasteiger partial charge < -0.3 is 5.32 Å².